The van der Waals surface area contributed by atoms with Crippen molar-refractivity contribution in [2.75, 3.05) is 12.4 Å². The second kappa shape index (κ2) is 11.9. The molecule has 8 heteroatoms. The summed E-state index contributed by atoms with van der Waals surface area (Å²) in [5, 5.41) is 19.7. The molecular weight excluding hydrogens is 427 g/mol. The molecule has 0 unspecified atom stereocenters. The van der Waals surface area contributed by atoms with Crippen LogP contribution in [0.5, 0.6) is 0 Å². The van der Waals surface area contributed by atoms with Gasteiger partial charge >= 0.3 is 0 Å². The number of hydrogen-bond donors (Lipinski definition) is 4. The Labute approximate surface area is 193 Å². The summed E-state index contributed by atoms with van der Waals surface area (Å²) in [5.74, 6) is -0.377. The minimum Gasteiger partial charge on any atom is -0.386 e. The van der Waals surface area contributed by atoms with Crippen molar-refractivity contribution in [1.82, 2.24) is 4.72 Å². The average Bonchev–Trinajstić information content (AvgIpc) is 3.39. The maximum absolute atomic E-state index is 13.3. The number of nitrogens with zero attached hydrogens (tertiary/aromatic N) is 1. The predicted octanol–water partition coefficient (Wildman–Crippen LogP) is 3.94. The van der Waals surface area contributed by atoms with E-state index in [1.165, 1.54) is 72.1 Å². The number of carbonyl (C=O) groups is 1. The summed E-state index contributed by atoms with van der Waals surface area (Å²) in [5.41, 5.74) is 10.2. The lowest BCUT2D eigenvalue weighted by molar-refractivity contribution is -0.105. The van der Waals surface area contributed by atoms with Crippen molar-refractivity contribution in [3.8, 4) is 6.19 Å². The first-order valence-corrected chi connectivity index (χ1v) is 11.4. The molecule has 4 rings (SSSR count). The van der Waals surface area contributed by atoms with Crippen LogP contribution in [0.4, 0.5) is 10.1 Å². The number of nitrogens with one attached hydrogen (secondary N) is 2. The number of hydrogen-bond acceptors (Lipinski definition) is 6. The van der Waals surface area contributed by atoms with E-state index in [9.17, 15) is 14.3 Å². The summed E-state index contributed by atoms with van der Waals surface area (Å²) >= 11 is 1.39. The first kappa shape index (κ1) is 25.7. The van der Waals surface area contributed by atoms with Gasteiger partial charge in [0.1, 0.15) is 5.82 Å². The molecule has 6 nitrogen and oxygen atoms in total. The van der Waals surface area contributed by atoms with Crippen LogP contribution in [0.1, 0.15) is 54.5 Å². The first-order valence-electron chi connectivity index (χ1n) is 10.6. The molecule has 2 aromatic carbocycles. The summed E-state index contributed by atoms with van der Waals surface area (Å²) in [6, 6.07) is 7.07. The fourth-order valence-corrected chi connectivity index (χ4v) is 4.75. The third-order valence-electron chi connectivity index (χ3n) is 5.49. The van der Waals surface area contributed by atoms with Crippen molar-refractivity contribution in [3.63, 3.8) is 0 Å². The number of anilines is 1. The Morgan fingerprint density at radius 2 is 1.72 bits per heavy atom. The van der Waals surface area contributed by atoms with Gasteiger partial charge in [-0.2, -0.15) is 5.26 Å². The average molecular weight is 459 g/mol. The maximum Gasteiger partial charge on any atom is 0.211 e. The Morgan fingerprint density at radius 1 is 1.16 bits per heavy atom. The molecule has 2 aliphatic rings. The Bertz CT molecular complexity index is 951. The molecule has 0 radical (unpaired) electrons. The van der Waals surface area contributed by atoms with Gasteiger partial charge in [0.2, 0.25) is 6.41 Å². The van der Waals surface area contributed by atoms with Crippen molar-refractivity contribution in [3.05, 3.63) is 57.9 Å². The summed E-state index contributed by atoms with van der Waals surface area (Å²) in [6.45, 7) is 3.14. The third-order valence-corrected chi connectivity index (χ3v) is 6.19. The third kappa shape index (κ3) is 6.45. The molecule has 1 amide bonds. The second-order valence-electron chi connectivity index (χ2n) is 8.13. The van der Waals surface area contributed by atoms with Crippen LogP contribution in [-0.4, -0.2) is 18.6 Å². The molecule has 0 fully saturated rings. The SMILES string of the molecule is CNSc1ccc(F)c(C(C)(C)O)c1.N#CN.O=CNc1c2c(cc3c1CCC3)CCC2. The first-order chi connectivity index (χ1) is 15.3. The van der Waals surface area contributed by atoms with Crippen LogP contribution in [0.2, 0.25) is 0 Å². The quantitative estimate of drug-likeness (QED) is 0.234. The fraction of sp³-hybridized carbons (Fsp3) is 0.417. The fourth-order valence-electron chi connectivity index (χ4n) is 4.20. The van der Waals surface area contributed by atoms with E-state index in [0.29, 0.717) is 5.56 Å². The number of carbonyl (C=O) groups excluding carboxylic acids is 1. The largest absolute Gasteiger partial charge is 0.386 e. The normalized spacial score (nSPS) is 13.5. The zero-order chi connectivity index (χ0) is 23.7. The number of amides is 1. The van der Waals surface area contributed by atoms with Crippen molar-refractivity contribution < 1.29 is 14.3 Å². The van der Waals surface area contributed by atoms with E-state index >= 15 is 0 Å². The maximum atomic E-state index is 13.3. The predicted molar refractivity (Wildman–Crippen MR) is 127 cm³/mol. The summed E-state index contributed by atoms with van der Waals surface area (Å²) < 4.78 is 16.2. The molecule has 0 bridgehead atoms. The van der Waals surface area contributed by atoms with Crippen molar-refractivity contribution in [2.24, 2.45) is 5.73 Å². The number of aryl methyl sites for hydroxylation is 2. The zero-order valence-corrected chi connectivity index (χ0v) is 19.6. The highest BCUT2D eigenvalue weighted by Gasteiger charge is 2.23. The van der Waals surface area contributed by atoms with Gasteiger partial charge in [-0.15, -0.1) is 0 Å². The molecule has 0 spiro atoms. The van der Waals surface area contributed by atoms with Gasteiger partial charge in [0.25, 0.3) is 0 Å². The van der Waals surface area contributed by atoms with Gasteiger partial charge in [-0.05, 0) is 112 Å². The molecule has 0 saturated carbocycles. The van der Waals surface area contributed by atoms with Crippen LogP contribution in [-0.2, 0) is 36.1 Å². The summed E-state index contributed by atoms with van der Waals surface area (Å²) in [6.07, 6.45) is 9.22. The van der Waals surface area contributed by atoms with Gasteiger partial charge in [-0.1, -0.05) is 6.07 Å². The van der Waals surface area contributed by atoms with Crippen molar-refractivity contribution in [1.29, 1.82) is 5.26 Å². The summed E-state index contributed by atoms with van der Waals surface area (Å²) in [7, 11) is 1.79. The van der Waals surface area contributed by atoms with Gasteiger partial charge < -0.3 is 16.2 Å². The molecule has 2 aliphatic carbocycles. The topological polar surface area (TPSA) is 111 Å². The number of aliphatic hydroxyl groups is 1. The van der Waals surface area contributed by atoms with E-state index in [4.69, 9.17) is 5.26 Å². The van der Waals surface area contributed by atoms with E-state index in [2.05, 4.69) is 21.8 Å². The van der Waals surface area contributed by atoms with E-state index < -0.39 is 5.60 Å². The number of nitrogens with two attached hydrogens (primary N) is 1. The standard InChI is InChI=1S/C13H15NO.C10H14FNOS.CH2N2/c15-8-14-13-11-5-1-3-9(11)7-10-4-2-6-12(10)13;1-10(2,13)8-6-7(14-12-3)4-5-9(8)11;2-1-3/h7-8H,1-6H2,(H,14,15);4-6,12-13H,1-3H3;2H2. The smallest absolute Gasteiger partial charge is 0.211 e. The number of fused-ring (bicyclic) bond motifs is 2. The molecule has 172 valence electrons. The second-order valence-corrected chi connectivity index (χ2v) is 9.22. The van der Waals surface area contributed by atoms with E-state index in [1.807, 2.05) is 0 Å². The molecule has 2 aromatic rings. The van der Waals surface area contributed by atoms with Gasteiger partial charge in [0.05, 0.1) is 5.60 Å². The van der Waals surface area contributed by atoms with Gasteiger partial charge in [0, 0.05) is 16.1 Å². The summed E-state index contributed by atoms with van der Waals surface area (Å²) in [4.78, 5) is 11.5. The molecule has 0 saturated heterocycles. The van der Waals surface area contributed by atoms with Gasteiger partial charge in [0.15, 0.2) is 6.19 Å². The van der Waals surface area contributed by atoms with E-state index in [-0.39, 0.29) is 5.82 Å². The highest BCUT2D eigenvalue weighted by Crippen LogP contribution is 2.38. The van der Waals surface area contributed by atoms with Crippen LogP contribution in [0.25, 0.3) is 0 Å². The Kier molecular flexibility index (Phi) is 9.51. The van der Waals surface area contributed by atoms with Gasteiger partial charge in [-0.25, -0.2) is 4.39 Å². The van der Waals surface area contributed by atoms with Crippen LogP contribution < -0.4 is 15.8 Å². The lowest BCUT2D eigenvalue weighted by atomic mass is 9.98. The minimum absolute atomic E-state index is 0.317. The molecule has 5 N–H and O–H groups in total. The highest BCUT2D eigenvalue weighted by molar-refractivity contribution is 7.97. The van der Waals surface area contributed by atoms with Gasteiger partial charge in [-0.3, -0.25) is 9.52 Å². The lowest BCUT2D eigenvalue weighted by Crippen LogP contribution is -2.17. The van der Waals surface area contributed by atoms with Crippen LogP contribution in [0.3, 0.4) is 0 Å². The van der Waals surface area contributed by atoms with Crippen molar-refractivity contribution >= 4 is 24.0 Å². The molecule has 0 aliphatic heterocycles. The number of nitriles is 1. The molecule has 0 aromatic heterocycles. The van der Waals surface area contributed by atoms with Crippen LogP contribution >= 0.6 is 11.9 Å². The molecular formula is C24H31FN4O2S. The monoisotopic (exact) mass is 458 g/mol. The zero-order valence-electron chi connectivity index (χ0n) is 18.8. The Morgan fingerprint density at radius 3 is 2.19 bits per heavy atom. The Hall–Kier alpha value is -2.60. The number of benzene rings is 2. The Balaban J connectivity index is 0.000000203. The highest BCUT2D eigenvalue weighted by atomic mass is 32.2. The van der Waals surface area contributed by atoms with E-state index in [0.717, 1.165) is 29.8 Å². The van der Waals surface area contributed by atoms with Crippen LogP contribution in [0, 0.1) is 17.3 Å². The molecule has 0 heterocycles. The molecule has 0 atom stereocenters. The van der Waals surface area contributed by atoms with Crippen molar-refractivity contribution in [2.45, 2.75) is 62.9 Å². The minimum atomic E-state index is -1.14. The lowest BCUT2D eigenvalue weighted by Gasteiger charge is -2.19. The number of halogens is 1. The molecule has 32 heavy (non-hydrogen) atoms. The van der Waals surface area contributed by atoms with E-state index in [1.54, 1.807) is 33.0 Å². The number of rotatable bonds is 5. The van der Waals surface area contributed by atoms with Crippen LogP contribution in [0.15, 0.2) is 29.2 Å².